The minimum absolute atomic E-state index is 0.0194. The van der Waals surface area contributed by atoms with Gasteiger partial charge in [-0.15, -0.1) is 0 Å². The standard InChI is InChI=1S/C23H36N2O4/c1-2-3-4-5-6-7-23(27)24-19(16-25-11-10-20(26)17-25)14-18-8-9-21-22(15-18)29-13-12-28-21/h8-9,15,19-20,26H,2-7,10-14,16-17H2,1H3,(H,24,27)/t19?,20-/m1/s1. The van der Waals surface area contributed by atoms with Gasteiger partial charge in [0.2, 0.25) is 5.91 Å². The number of amides is 1. The number of rotatable bonds is 11. The SMILES string of the molecule is CCCCCCCC(=O)NC(Cc1ccc2c(c1)OCCO2)CN1CC[C@@H](O)C1. The lowest BCUT2D eigenvalue weighted by atomic mass is 10.0. The summed E-state index contributed by atoms with van der Waals surface area (Å²) < 4.78 is 11.3. The summed E-state index contributed by atoms with van der Waals surface area (Å²) in [5.41, 5.74) is 1.13. The third kappa shape index (κ3) is 7.19. The summed E-state index contributed by atoms with van der Waals surface area (Å²) in [6.45, 7) is 5.68. The summed E-state index contributed by atoms with van der Waals surface area (Å²) >= 11 is 0. The van der Waals surface area contributed by atoms with E-state index in [1.165, 1.54) is 19.3 Å². The van der Waals surface area contributed by atoms with Gasteiger partial charge in [-0.25, -0.2) is 0 Å². The van der Waals surface area contributed by atoms with Gasteiger partial charge in [0.1, 0.15) is 13.2 Å². The lowest BCUT2D eigenvalue weighted by Crippen LogP contribution is -2.44. The van der Waals surface area contributed by atoms with E-state index in [9.17, 15) is 9.90 Å². The quantitative estimate of drug-likeness (QED) is 0.555. The molecule has 6 heteroatoms. The number of nitrogens with zero attached hydrogens (tertiary/aromatic N) is 1. The molecule has 0 saturated carbocycles. The smallest absolute Gasteiger partial charge is 0.220 e. The average Bonchev–Trinajstić information content (AvgIpc) is 3.12. The Morgan fingerprint density at radius 2 is 2.00 bits per heavy atom. The number of likely N-dealkylation sites (tertiary alicyclic amines) is 1. The fourth-order valence-corrected chi connectivity index (χ4v) is 4.14. The number of hydrogen-bond donors (Lipinski definition) is 2. The van der Waals surface area contributed by atoms with Gasteiger partial charge >= 0.3 is 0 Å². The highest BCUT2D eigenvalue weighted by Gasteiger charge is 2.24. The number of nitrogens with one attached hydrogen (secondary N) is 1. The molecule has 0 bridgehead atoms. The Kier molecular flexibility index (Phi) is 8.62. The van der Waals surface area contributed by atoms with E-state index >= 15 is 0 Å². The molecule has 0 spiro atoms. The Balaban J connectivity index is 1.56. The van der Waals surface area contributed by atoms with Crippen molar-refractivity contribution >= 4 is 5.91 Å². The molecule has 1 aromatic carbocycles. The van der Waals surface area contributed by atoms with Crippen molar-refractivity contribution in [2.45, 2.75) is 70.4 Å². The van der Waals surface area contributed by atoms with Gasteiger partial charge in [0, 0.05) is 32.1 Å². The molecule has 162 valence electrons. The Bertz CT molecular complexity index is 652. The fourth-order valence-electron chi connectivity index (χ4n) is 4.14. The Morgan fingerprint density at radius 1 is 1.21 bits per heavy atom. The zero-order valence-corrected chi connectivity index (χ0v) is 17.7. The van der Waals surface area contributed by atoms with E-state index in [1.807, 2.05) is 12.1 Å². The summed E-state index contributed by atoms with van der Waals surface area (Å²) in [4.78, 5) is 14.8. The van der Waals surface area contributed by atoms with Crippen LogP contribution in [0.2, 0.25) is 0 Å². The molecule has 2 N–H and O–H groups in total. The number of aliphatic hydroxyl groups excluding tert-OH is 1. The number of carbonyl (C=O) groups excluding carboxylic acids is 1. The normalized spacial score (nSPS) is 19.9. The van der Waals surface area contributed by atoms with Crippen LogP contribution in [-0.4, -0.2) is 60.9 Å². The van der Waals surface area contributed by atoms with Crippen molar-refractivity contribution in [2.24, 2.45) is 0 Å². The van der Waals surface area contributed by atoms with Crippen molar-refractivity contribution in [1.82, 2.24) is 10.2 Å². The molecule has 2 aliphatic rings. The van der Waals surface area contributed by atoms with Gasteiger partial charge in [-0.05, 0) is 37.0 Å². The average molecular weight is 405 g/mol. The van der Waals surface area contributed by atoms with E-state index < -0.39 is 0 Å². The predicted molar refractivity (Wildman–Crippen MR) is 114 cm³/mol. The van der Waals surface area contributed by atoms with E-state index in [4.69, 9.17) is 9.47 Å². The van der Waals surface area contributed by atoms with Crippen LogP contribution in [0.3, 0.4) is 0 Å². The molecule has 1 aromatic rings. The first-order valence-corrected chi connectivity index (χ1v) is 11.2. The summed E-state index contributed by atoms with van der Waals surface area (Å²) in [7, 11) is 0. The van der Waals surface area contributed by atoms with Crippen LogP contribution in [0.1, 0.15) is 57.4 Å². The first-order valence-electron chi connectivity index (χ1n) is 11.2. The molecule has 29 heavy (non-hydrogen) atoms. The molecule has 0 aromatic heterocycles. The van der Waals surface area contributed by atoms with E-state index in [1.54, 1.807) is 0 Å². The number of fused-ring (bicyclic) bond motifs is 1. The molecular formula is C23H36N2O4. The lowest BCUT2D eigenvalue weighted by molar-refractivity contribution is -0.122. The van der Waals surface area contributed by atoms with Gasteiger partial charge in [0.05, 0.1) is 6.10 Å². The first kappa shape index (κ1) is 21.9. The molecular weight excluding hydrogens is 368 g/mol. The molecule has 0 radical (unpaired) electrons. The summed E-state index contributed by atoms with van der Waals surface area (Å²) in [5, 5.41) is 13.1. The van der Waals surface area contributed by atoms with Gasteiger partial charge in [0.15, 0.2) is 11.5 Å². The van der Waals surface area contributed by atoms with Crippen LogP contribution >= 0.6 is 0 Å². The van der Waals surface area contributed by atoms with Crippen molar-refractivity contribution in [2.75, 3.05) is 32.8 Å². The van der Waals surface area contributed by atoms with E-state index in [2.05, 4.69) is 23.2 Å². The summed E-state index contributed by atoms with van der Waals surface area (Å²) in [6, 6.07) is 6.05. The Labute approximate surface area is 174 Å². The summed E-state index contributed by atoms with van der Waals surface area (Å²) in [6.07, 6.45) is 7.61. The maximum Gasteiger partial charge on any atom is 0.220 e. The van der Waals surface area contributed by atoms with Crippen LogP contribution in [0.5, 0.6) is 11.5 Å². The third-order valence-electron chi connectivity index (χ3n) is 5.69. The molecule has 1 amide bonds. The number of aliphatic hydroxyl groups is 1. The fraction of sp³-hybridized carbons (Fsp3) is 0.696. The second-order valence-corrected chi connectivity index (χ2v) is 8.31. The molecule has 1 unspecified atom stereocenters. The van der Waals surface area contributed by atoms with E-state index in [0.717, 1.165) is 55.8 Å². The minimum atomic E-state index is -0.251. The van der Waals surface area contributed by atoms with Gasteiger partial charge in [-0.1, -0.05) is 38.7 Å². The van der Waals surface area contributed by atoms with Crippen molar-refractivity contribution in [1.29, 1.82) is 0 Å². The maximum atomic E-state index is 12.5. The number of hydrogen-bond acceptors (Lipinski definition) is 5. The van der Waals surface area contributed by atoms with Gasteiger partial charge in [0.25, 0.3) is 0 Å². The number of β-amino-alcohol motifs (C(OH)–C–C–N with tert-alkyl or cyclic N) is 1. The highest BCUT2D eigenvalue weighted by Crippen LogP contribution is 2.31. The van der Waals surface area contributed by atoms with Crippen molar-refractivity contribution in [3.63, 3.8) is 0 Å². The zero-order chi connectivity index (χ0) is 20.5. The van der Waals surface area contributed by atoms with Crippen LogP contribution in [0, 0.1) is 0 Å². The van der Waals surface area contributed by atoms with Gasteiger partial charge in [-0.3, -0.25) is 9.69 Å². The molecule has 1 saturated heterocycles. The molecule has 1 fully saturated rings. The molecule has 2 aliphatic heterocycles. The number of ether oxygens (including phenoxy) is 2. The van der Waals surface area contributed by atoms with Gasteiger partial charge in [-0.2, -0.15) is 0 Å². The number of carbonyl (C=O) groups is 1. The third-order valence-corrected chi connectivity index (χ3v) is 5.69. The lowest BCUT2D eigenvalue weighted by Gasteiger charge is -2.25. The van der Waals surface area contributed by atoms with Crippen LogP contribution in [0.4, 0.5) is 0 Å². The largest absolute Gasteiger partial charge is 0.486 e. The number of unbranched alkanes of at least 4 members (excludes halogenated alkanes) is 4. The predicted octanol–water partition coefficient (Wildman–Crippen LogP) is 2.91. The summed E-state index contributed by atoms with van der Waals surface area (Å²) in [5.74, 6) is 1.70. The molecule has 6 nitrogen and oxygen atoms in total. The van der Waals surface area contributed by atoms with E-state index in [0.29, 0.717) is 26.2 Å². The van der Waals surface area contributed by atoms with Crippen molar-refractivity contribution in [3.8, 4) is 11.5 Å². The zero-order valence-electron chi connectivity index (χ0n) is 17.7. The molecule has 2 atom stereocenters. The van der Waals surface area contributed by atoms with Crippen LogP contribution in [-0.2, 0) is 11.2 Å². The minimum Gasteiger partial charge on any atom is -0.486 e. The highest BCUT2D eigenvalue weighted by atomic mass is 16.6. The first-order chi connectivity index (χ1) is 14.1. The van der Waals surface area contributed by atoms with Crippen molar-refractivity contribution in [3.05, 3.63) is 23.8 Å². The number of benzene rings is 1. The molecule has 3 rings (SSSR count). The van der Waals surface area contributed by atoms with E-state index in [-0.39, 0.29) is 18.1 Å². The maximum absolute atomic E-state index is 12.5. The second kappa shape index (κ2) is 11.4. The second-order valence-electron chi connectivity index (χ2n) is 8.31. The van der Waals surface area contributed by atoms with Crippen LogP contribution in [0.15, 0.2) is 18.2 Å². The monoisotopic (exact) mass is 404 g/mol. The van der Waals surface area contributed by atoms with Crippen molar-refractivity contribution < 1.29 is 19.4 Å². The molecule has 0 aliphatic carbocycles. The van der Waals surface area contributed by atoms with Gasteiger partial charge < -0.3 is 19.9 Å². The Hall–Kier alpha value is -1.79. The highest BCUT2D eigenvalue weighted by molar-refractivity contribution is 5.76. The Morgan fingerprint density at radius 3 is 2.76 bits per heavy atom. The van der Waals surface area contributed by atoms with Crippen LogP contribution < -0.4 is 14.8 Å². The molecule has 2 heterocycles. The van der Waals surface area contributed by atoms with Crippen LogP contribution in [0.25, 0.3) is 0 Å². The topological polar surface area (TPSA) is 71.0 Å².